The Morgan fingerprint density at radius 1 is 1.32 bits per heavy atom. The number of aliphatic hydroxyl groups is 1. The molecule has 0 aromatic carbocycles. The van der Waals surface area contributed by atoms with Crippen molar-refractivity contribution in [1.29, 1.82) is 0 Å². The molecule has 2 saturated heterocycles. The molecule has 19 heavy (non-hydrogen) atoms. The molecule has 0 amide bonds. The van der Waals surface area contributed by atoms with Gasteiger partial charge < -0.3 is 19.3 Å². The smallest absolute Gasteiger partial charge is 0.259 e. The predicted molar refractivity (Wildman–Crippen MR) is 63.8 cm³/mol. The number of fused-ring (bicyclic) bond motifs is 7. The summed E-state index contributed by atoms with van der Waals surface area (Å²) in [5.41, 5.74) is 0.622. The minimum absolute atomic E-state index is 0.0869. The fourth-order valence-corrected chi connectivity index (χ4v) is 3.78. The Kier molecular flexibility index (Phi) is 2.12. The van der Waals surface area contributed by atoms with Crippen LogP contribution in [0.1, 0.15) is 33.1 Å². The van der Waals surface area contributed by atoms with E-state index in [9.17, 15) is 9.90 Å². The lowest BCUT2D eigenvalue weighted by atomic mass is 9.70. The van der Waals surface area contributed by atoms with Crippen molar-refractivity contribution in [3.8, 4) is 0 Å². The minimum Gasteiger partial charge on any atom is -0.461 e. The zero-order chi connectivity index (χ0) is 13.4. The number of carbonyl (C=O) groups excluding carboxylic acids is 1. The third kappa shape index (κ3) is 1.55. The normalized spacial score (nSPS) is 46.9. The van der Waals surface area contributed by atoms with Crippen LogP contribution in [0.15, 0.2) is 11.3 Å². The van der Waals surface area contributed by atoms with Gasteiger partial charge in [-0.1, -0.05) is 13.8 Å². The molecule has 0 unspecified atom stereocenters. The van der Waals surface area contributed by atoms with E-state index in [1.54, 1.807) is 0 Å². The maximum absolute atomic E-state index is 12.4. The molecule has 4 bridgehead atoms. The lowest BCUT2D eigenvalue weighted by molar-refractivity contribution is -0.331. The van der Waals surface area contributed by atoms with Gasteiger partial charge in [0, 0.05) is 30.8 Å². The topological polar surface area (TPSA) is 65.0 Å². The van der Waals surface area contributed by atoms with Crippen molar-refractivity contribution < 1.29 is 24.1 Å². The minimum atomic E-state index is -1.43. The SMILES string of the molecule is CC1(C)CC(=O)C2=C(C1)O[C@]1(O)C[C@H]2[C@@H]2CO[C@H]1O2. The molecule has 0 aromatic heterocycles. The molecule has 5 nitrogen and oxygen atoms in total. The van der Waals surface area contributed by atoms with Crippen molar-refractivity contribution in [3.05, 3.63) is 11.3 Å². The zero-order valence-electron chi connectivity index (χ0n) is 11.1. The molecule has 1 aliphatic carbocycles. The fraction of sp³-hybridized carbons (Fsp3) is 0.786. The van der Waals surface area contributed by atoms with Crippen LogP contribution in [-0.2, 0) is 19.0 Å². The quantitative estimate of drug-likeness (QED) is 0.711. The summed E-state index contributed by atoms with van der Waals surface area (Å²) in [5, 5.41) is 10.6. The highest BCUT2D eigenvalue weighted by Gasteiger charge is 2.60. The van der Waals surface area contributed by atoms with Gasteiger partial charge in [-0.15, -0.1) is 0 Å². The van der Waals surface area contributed by atoms with E-state index in [-0.39, 0.29) is 23.2 Å². The second kappa shape index (κ2) is 3.40. The van der Waals surface area contributed by atoms with Crippen molar-refractivity contribution in [1.82, 2.24) is 0 Å². The highest BCUT2D eigenvalue weighted by Crippen LogP contribution is 2.52. The molecule has 2 fully saturated rings. The van der Waals surface area contributed by atoms with Crippen molar-refractivity contribution in [2.24, 2.45) is 11.3 Å². The van der Waals surface area contributed by atoms with Gasteiger partial charge in [0.2, 0.25) is 6.29 Å². The maximum atomic E-state index is 12.4. The molecule has 3 aliphatic heterocycles. The van der Waals surface area contributed by atoms with Gasteiger partial charge in [0.25, 0.3) is 5.79 Å². The molecule has 4 atom stereocenters. The molecule has 0 saturated carbocycles. The monoisotopic (exact) mass is 266 g/mol. The third-order valence-electron chi connectivity index (χ3n) is 4.59. The first-order chi connectivity index (χ1) is 8.88. The van der Waals surface area contributed by atoms with Crippen LogP contribution < -0.4 is 0 Å². The van der Waals surface area contributed by atoms with E-state index in [1.165, 1.54) is 0 Å². The van der Waals surface area contributed by atoms with Gasteiger partial charge in [0.15, 0.2) is 5.78 Å². The van der Waals surface area contributed by atoms with Crippen molar-refractivity contribution in [3.63, 3.8) is 0 Å². The van der Waals surface area contributed by atoms with Gasteiger partial charge in [-0.3, -0.25) is 4.79 Å². The number of ether oxygens (including phenoxy) is 3. The van der Waals surface area contributed by atoms with Gasteiger partial charge in [-0.25, -0.2) is 0 Å². The summed E-state index contributed by atoms with van der Waals surface area (Å²) in [4.78, 5) is 12.4. The number of rotatable bonds is 0. The Bertz CT molecular complexity index is 494. The standard InChI is InChI=1S/C14H18O5/c1-13(2)4-8(15)11-7-3-14(16,19-9(11)5-13)12-17-6-10(7)18-12/h7,10,12,16H,3-6H2,1-2H3/t7-,10-,12-,14+/m0/s1. The van der Waals surface area contributed by atoms with E-state index in [0.717, 1.165) is 5.57 Å². The van der Waals surface area contributed by atoms with Crippen molar-refractivity contribution in [2.45, 2.75) is 51.3 Å². The van der Waals surface area contributed by atoms with Crippen LogP contribution in [0.4, 0.5) is 0 Å². The van der Waals surface area contributed by atoms with E-state index >= 15 is 0 Å². The van der Waals surface area contributed by atoms with Crippen LogP contribution in [0, 0.1) is 11.3 Å². The van der Waals surface area contributed by atoms with E-state index < -0.39 is 12.1 Å². The highest BCUT2D eigenvalue weighted by molar-refractivity contribution is 5.98. The fourth-order valence-electron chi connectivity index (χ4n) is 3.78. The molecule has 104 valence electrons. The number of hydrogen-bond donors (Lipinski definition) is 1. The van der Waals surface area contributed by atoms with Crippen LogP contribution in [0.3, 0.4) is 0 Å². The van der Waals surface area contributed by atoms with E-state index in [2.05, 4.69) is 0 Å². The average Bonchev–Trinajstić information content (AvgIpc) is 2.70. The molecule has 3 heterocycles. The molecule has 5 heteroatoms. The first-order valence-corrected chi connectivity index (χ1v) is 6.83. The van der Waals surface area contributed by atoms with Gasteiger partial charge in [0.05, 0.1) is 12.7 Å². The van der Waals surface area contributed by atoms with Gasteiger partial charge in [-0.05, 0) is 5.41 Å². The summed E-state index contributed by atoms with van der Waals surface area (Å²) in [7, 11) is 0. The van der Waals surface area contributed by atoms with Crippen LogP contribution in [0.25, 0.3) is 0 Å². The van der Waals surface area contributed by atoms with Crippen molar-refractivity contribution in [2.75, 3.05) is 6.61 Å². The second-order valence-corrected chi connectivity index (χ2v) is 6.88. The molecule has 0 radical (unpaired) electrons. The second-order valence-electron chi connectivity index (χ2n) is 6.88. The Labute approximate surface area is 111 Å². The van der Waals surface area contributed by atoms with E-state index in [1.807, 2.05) is 13.8 Å². The molecule has 0 spiro atoms. The van der Waals surface area contributed by atoms with Crippen LogP contribution >= 0.6 is 0 Å². The van der Waals surface area contributed by atoms with Crippen LogP contribution in [0.2, 0.25) is 0 Å². The number of carbonyl (C=O) groups is 1. The van der Waals surface area contributed by atoms with Crippen molar-refractivity contribution >= 4 is 5.78 Å². The Hall–Kier alpha value is -0.910. The lowest BCUT2D eigenvalue weighted by Crippen LogP contribution is -2.56. The molecule has 1 N–H and O–H groups in total. The largest absolute Gasteiger partial charge is 0.461 e. The van der Waals surface area contributed by atoms with E-state index in [0.29, 0.717) is 31.6 Å². The average molecular weight is 266 g/mol. The molecule has 4 aliphatic rings. The first-order valence-electron chi connectivity index (χ1n) is 6.83. The maximum Gasteiger partial charge on any atom is 0.259 e. The third-order valence-corrected chi connectivity index (χ3v) is 4.59. The summed E-state index contributed by atoms with van der Waals surface area (Å²) in [6.07, 6.45) is 0.771. The van der Waals surface area contributed by atoms with Gasteiger partial charge in [-0.2, -0.15) is 0 Å². The summed E-state index contributed by atoms with van der Waals surface area (Å²) < 4.78 is 16.8. The lowest BCUT2D eigenvalue weighted by Gasteiger charge is -2.48. The van der Waals surface area contributed by atoms with E-state index in [4.69, 9.17) is 14.2 Å². The Morgan fingerprint density at radius 2 is 2.11 bits per heavy atom. The molecular weight excluding hydrogens is 248 g/mol. The number of ketones is 1. The summed E-state index contributed by atoms with van der Waals surface area (Å²) in [5.74, 6) is -0.725. The van der Waals surface area contributed by atoms with Crippen LogP contribution in [-0.4, -0.2) is 35.7 Å². The Morgan fingerprint density at radius 3 is 2.89 bits per heavy atom. The number of allylic oxidation sites excluding steroid dienone is 1. The number of Topliss-reactive ketones (excluding diaryl/α,β-unsaturated/α-hetero) is 1. The molecular formula is C14H18O5. The predicted octanol–water partition coefficient (Wildman–Crippen LogP) is 1.11. The van der Waals surface area contributed by atoms with Gasteiger partial charge >= 0.3 is 0 Å². The summed E-state index contributed by atoms with van der Waals surface area (Å²) in [6.45, 7) is 4.52. The number of hydrogen-bond acceptors (Lipinski definition) is 5. The Balaban J connectivity index is 1.81. The summed E-state index contributed by atoms with van der Waals surface area (Å²) in [6, 6.07) is 0. The van der Waals surface area contributed by atoms with Crippen LogP contribution in [0.5, 0.6) is 0 Å². The molecule has 0 aromatic rings. The first kappa shape index (κ1) is 11.9. The zero-order valence-corrected chi connectivity index (χ0v) is 11.1. The molecule has 4 rings (SSSR count). The summed E-state index contributed by atoms with van der Waals surface area (Å²) >= 11 is 0. The van der Waals surface area contributed by atoms with Gasteiger partial charge in [0.1, 0.15) is 5.76 Å². The highest BCUT2D eigenvalue weighted by atomic mass is 16.8.